The maximum absolute atomic E-state index is 13.4. The topological polar surface area (TPSA) is 64.6 Å². The molecule has 0 aliphatic carbocycles. The number of rotatable bonds is 5. The van der Waals surface area contributed by atoms with Crippen molar-refractivity contribution < 1.29 is 14.3 Å². The van der Waals surface area contributed by atoms with Crippen molar-refractivity contribution in [2.75, 3.05) is 11.7 Å². The summed E-state index contributed by atoms with van der Waals surface area (Å²) in [5, 5.41) is 1.23. The van der Waals surface area contributed by atoms with Crippen LogP contribution < -0.4 is 14.4 Å². The maximum atomic E-state index is 13.4. The van der Waals surface area contributed by atoms with Gasteiger partial charge in [0.2, 0.25) is 12.7 Å². The number of halogens is 1. The molecule has 4 aromatic rings. The fourth-order valence-corrected chi connectivity index (χ4v) is 4.78. The van der Waals surface area contributed by atoms with Crippen LogP contribution in [0.4, 0.5) is 5.13 Å². The second-order valence-electron chi connectivity index (χ2n) is 7.20. The fourth-order valence-electron chi connectivity index (χ4n) is 3.44. The van der Waals surface area contributed by atoms with Gasteiger partial charge in [-0.2, -0.15) is 0 Å². The third kappa shape index (κ3) is 3.94. The third-order valence-electron chi connectivity index (χ3n) is 5.06. The number of hydrogen-bond acceptors (Lipinski definition) is 6. The molecule has 0 fully saturated rings. The number of ether oxygens (including phenoxy) is 2. The number of aromatic nitrogens is 2. The number of carbonyl (C=O) groups is 1. The summed E-state index contributed by atoms with van der Waals surface area (Å²) in [6, 6.07) is 15.0. The van der Waals surface area contributed by atoms with E-state index in [-0.39, 0.29) is 19.1 Å². The normalized spacial score (nSPS) is 12.3. The van der Waals surface area contributed by atoms with E-state index in [1.165, 1.54) is 11.3 Å². The monoisotopic (exact) mass is 451 g/mol. The zero-order valence-electron chi connectivity index (χ0n) is 16.7. The highest BCUT2D eigenvalue weighted by Crippen LogP contribution is 2.37. The van der Waals surface area contributed by atoms with E-state index in [4.69, 9.17) is 26.1 Å². The van der Waals surface area contributed by atoms with E-state index in [1.807, 2.05) is 55.5 Å². The molecule has 0 atom stereocenters. The highest BCUT2D eigenvalue weighted by Gasteiger charge is 2.23. The summed E-state index contributed by atoms with van der Waals surface area (Å²) >= 11 is 7.81. The summed E-state index contributed by atoms with van der Waals surface area (Å²) in [4.78, 5) is 24.2. The van der Waals surface area contributed by atoms with E-state index in [1.54, 1.807) is 11.1 Å². The average molecular weight is 452 g/mol. The second kappa shape index (κ2) is 8.17. The number of benzene rings is 2. The predicted molar refractivity (Wildman–Crippen MR) is 121 cm³/mol. The number of thiazole rings is 1. The average Bonchev–Trinajstić information content (AvgIpc) is 3.43. The number of amides is 1. The molecule has 31 heavy (non-hydrogen) atoms. The van der Waals surface area contributed by atoms with Gasteiger partial charge in [-0.1, -0.05) is 41.1 Å². The number of nitrogens with zero attached hydrogens (tertiary/aromatic N) is 3. The molecule has 6 nitrogen and oxygen atoms in total. The lowest BCUT2D eigenvalue weighted by molar-refractivity contribution is -0.118. The van der Waals surface area contributed by atoms with Crippen molar-refractivity contribution in [3.05, 3.63) is 76.6 Å². The predicted octanol–water partition coefficient (Wildman–Crippen LogP) is 5.16. The van der Waals surface area contributed by atoms with Gasteiger partial charge in [0, 0.05) is 6.20 Å². The van der Waals surface area contributed by atoms with Crippen LogP contribution in [-0.4, -0.2) is 22.7 Å². The van der Waals surface area contributed by atoms with Crippen LogP contribution in [-0.2, 0) is 17.8 Å². The van der Waals surface area contributed by atoms with E-state index in [9.17, 15) is 4.79 Å². The molecule has 5 rings (SSSR count). The van der Waals surface area contributed by atoms with Crippen LogP contribution in [0.2, 0.25) is 5.02 Å². The number of hydrogen-bond donors (Lipinski definition) is 0. The van der Waals surface area contributed by atoms with E-state index >= 15 is 0 Å². The van der Waals surface area contributed by atoms with Crippen molar-refractivity contribution in [3.63, 3.8) is 0 Å². The minimum absolute atomic E-state index is 0.0858. The van der Waals surface area contributed by atoms with E-state index in [0.717, 1.165) is 27.0 Å². The first kappa shape index (κ1) is 19.8. The number of fused-ring (bicyclic) bond motifs is 2. The molecule has 0 saturated carbocycles. The van der Waals surface area contributed by atoms with Crippen molar-refractivity contribution in [2.24, 2.45) is 0 Å². The molecule has 2 aromatic carbocycles. The fraction of sp³-hybridized carbons (Fsp3) is 0.174. The minimum atomic E-state index is -0.0858. The van der Waals surface area contributed by atoms with E-state index in [0.29, 0.717) is 28.2 Å². The molecule has 3 heterocycles. The first-order valence-electron chi connectivity index (χ1n) is 9.73. The number of pyridine rings is 1. The van der Waals surface area contributed by atoms with Gasteiger partial charge >= 0.3 is 0 Å². The van der Waals surface area contributed by atoms with Gasteiger partial charge in [0.1, 0.15) is 0 Å². The van der Waals surface area contributed by atoms with Crippen molar-refractivity contribution in [2.45, 2.75) is 19.9 Å². The zero-order valence-corrected chi connectivity index (χ0v) is 18.2. The third-order valence-corrected chi connectivity index (χ3v) is 6.60. The van der Waals surface area contributed by atoms with Crippen LogP contribution in [0.5, 0.6) is 11.5 Å². The molecule has 1 aliphatic heterocycles. The van der Waals surface area contributed by atoms with Gasteiger partial charge in [-0.25, -0.2) is 4.98 Å². The van der Waals surface area contributed by atoms with Crippen LogP contribution >= 0.6 is 22.9 Å². The second-order valence-corrected chi connectivity index (χ2v) is 8.59. The number of carbonyl (C=O) groups excluding carboxylic acids is 1. The highest BCUT2D eigenvalue weighted by atomic mass is 35.5. The Kier molecular flexibility index (Phi) is 5.21. The van der Waals surface area contributed by atoms with Gasteiger partial charge in [0.15, 0.2) is 16.6 Å². The summed E-state index contributed by atoms with van der Waals surface area (Å²) in [5.74, 6) is 1.26. The summed E-state index contributed by atoms with van der Waals surface area (Å²) in [5.41, 5.74) is 3.46. The summed E-state index contributed by atoms with van der Waals surface area (Å²) in [7, 11) is 0. The zero-order chi connectivity index (χ0) is 21.4. The SMILES string of the molecule is Cc1ccc(Cl)c2sc(N(Cc3ccccn3)C(=O)Cc3ccc4c(c3)OCO4)nc12. The smallest absolute Gasteiger partial charge is 0.233 e. The molecule has 0 spiro atoms. The summed E-state index contributed by atoms with van der Waals surface area (Å²) in [6.07, 6.45) is 1.92. The van der Waals surface area contributed by atoms with E-state index < -0.39 is 0 Å². The molecule has 0 saturated heterocycles. The largest absolute Gasteiger partial charge is 0.454 e. The van der Waals surface area contributed by atoms with Crippen molar-refractivity contribution in [1.82, 2.24) is 9.97 Å². The van der Waals surface area contributed by atoms with Crippen LogP contribution in [0.3, 0.4) is 0 Å². The van der Waals surface area contributed by atoms with Crippen molar-refractivity contribution in [3.8, 4) is 11.5 Å². The van der Waals surface area contributed by atoms with Crippen LogP contribution in [0.1, 0.15) is 16.8 Å². The Labute approximate surface area is 188 Å². The first-order valence-corrected chi connectivity index (χ1v) is 10.9. The van der Waals surface area contributed by atoms with Gasteiger partial charge in [-0.3, -0.25) is 14.7 Å². The van der Waals surface area contributed by atoms with Crippen molar-refractivity contribution >= 4 is 44.2 Å². The lowest BCUT2D eigenvalue weighted by Crippen LogP contribution is -2.32. The molecule has 2 aromatic heterocycles. The Morgan fingerprint density at radius 1 is 1.16 bits per heavy atom. The standard InChI is InChI=1S/C23H18ClN3O3S/c1-14-5-7-17(24)22-21(14)26-23(31-22)27(12-16-4-2-3-9-25-16)20(28)11-15-6-8-18-19(10-15)30-13-29-18/h2-10H,11-13H2,1H3. The van der Waals surface area contributed by atoms with Crippen LogP contribution in [0.15, 0.2) is 54.7 Å². The van der Waals surface area contributed by atoms with Crippen LogP contribution in [0, 0.1) is 6.92 Å². The summed E-state index contributed by atoms with van der Waals surface area (Å²) < 4.78 is 11.7. The minimum Gasteiger partial charge on any atom is -0.454 e. The molecule has 1 aliphatic rings. The Morgan fingerprint density at radius 2 is 2.03 bits per heavy atom. The molecule has 0 radical (unpaired) electrons. The molecule has 8 heteroatoms. The quantitative estimate of drug-likeness (QED) is 0.419. The Balaban J connectivity index is 1.50. The molecule has 0 bridgehead atoms. The summed E-state index contributed by atoms with van der Waals surface area (Å²) in [6.45, 7) is 2.50. The maximum Gasteiger partial charge on any atom is 0.233 e. The molecule has 156 valence electrons. The first-order chi connectivity index (χ1) is 15.1. The van der Waals surface area contributed by atoms with Gasteiger partial charge in [0.05, 0.1) is 33.9 Å². The Morgan fingerprint density at radius 3 is 2.84 bits per heavy atom. The molecule has 0 N–H and O–H groups in total. The Bertz CT molecular complexity index is 1240. The number of anilines is 1. The lowest BCUT2D eigenvalue weighted by Gasteiger charge is -2.19. The molecular formula is C23H18ClN3O3S. The van der Waals surface area contributed by atoms with Gasteiger partial charge in [-0.15, -0.1) is 0 Å². The van der Waals surface area contributed by atoms with Gasteiger partial charge in [-0.05, 0) is 48.4 Å². The van der Waals surface area contributed by atoms with Gasteiger partial charge in [0.25, 0.3) is 0 Å². The van der Waals surface area contributed by atoms with Gasteiger partial charge < -0.3 is 9.47 Å². The molecule has 1 amide bonds. The lowest BCUT2D eigenvalue weighted by atomic mass is 10.1. The Hall–Kier alpha value is -3.16. The van der Waals surface area contributed by atoms with E-state index in [2.05, 4.69) is 4.98 Å². The van der Waals surface area contributed by atoms with Crippen LogP contribution in [0.25, 0.3) is 10.2 Å². The molecule has 0 unspecified atom stereocenters. The highest BCUT2D eigenvalue weighted by molar-refractivity contribution is 7.23. The number of aryl methyl sites for hydroxylation is 1. The van der Waals surface area contributed by atoms with Crippen molar-refractivity contribution in [1.29, 1.82) is 0 Å². The molecular weight excluding hydrogens is 434 g/mol.